The lowest BCUT2D eigenvalue weighted by Crippen LogP contribution is -2.45. The minimum Gasteiger partial charge on any atom is -0.335 e. The fourth-order valence-corrected chi connectivity index (χ4v) is 4.50. The molecule has 3 N–H and O–H groups in total. The Labute approximate surface area is 207 Å². The van der Waals surface area contributed by atoms with Crippen molar-refractivity contribution in [1.82, 2.24) is 30.4 Å². The van der Waals surface area contributed by atoms with Gasteiger partial charge in [0.2, 0.25) is 0 Å². The summed E-state index contributed by atoms with van der Waals surface area (Å²) in [5.41, 5.74) is 3.23. The molecule has 1 saturated heterocycles. The fourth-order valence-electron chi connectivity index (χ4n) is 4.23. The third-order valence-corrected chi connectivity index (χ3v) is 6.41. The van der Waals surface area contributed by atoms with Gasteiger partial charge in [-0.1, -0.05) is 41.9 Å². The molecule has 10 heteroatoms. The number of amides is 2. The van der Waals surface area contributed by atoms with E-state index in [1.54, 1.807) is 12.3 Å². The molecule has 9 nitrogen and oxygen atoms in total. The van der Waals surface area contributed by atoms with Crippen LogP contribution in [-0.4, -0.2) is 57.3 Å². The van der Waals surface area contributed by atoms with Gasteiger partial charge in [-0.05, 0) is 45.1 Å². The lowest BCUT2D eigenvalue weighted by Gasteiger charge is -2.29. The normalized spacial score (nSPS) is 14.5. The van der Waals surface area contributed by atoms with E-state index in [9.17, 15) is 10.1 Å². The van der Waals surface area contributed by atoms with Crippen LogP contribution in [-0.2, 0) is 0 Å². The molecule has 2 aromatic heterocycles. The molecule has 176 valence electrons. The Bertz CT molecular complexity index is 1420. The van der Waals surface area contributed by atoms with Crippen LogP contribution in [0.4, 0.5) is 10.6 Å². The number of aromatic amines is 1. The molecule has 0 bridgehead atoms. The Hall–Kier alpha value is -4.00. The van der Waals surface area contributed by atoms with Crippen molar-refractivity contribution in [3.8, 4) is 28.6 Å². The van der Waals surface area contributed by atoms with Crippen molar-refractivity contribution in [2.45, 2.75) is 18.9 Å². The summed E-state index contributed by atoms with van der Waals surface area (Å²) in [4.78, 5) is 24.3. The maximum atomic E-state index is 12.8. The highest BCUT2D eigenvalue weighted by Crippen LogP contribution is 2.35. The monoisotopic (exact) mass is 486 g/mol. The largest absolute Gasteiger partial charge is 0.335 e. The van der Waals surface area contributed by atoms with E-state index < -0.39 is 6.03 Å². The molecule has 5 rings (SSSR count). The summed E-state index contributed by atoms with van der Waals surface area (Å²) in [5, 5.41) is 23.8. The number of fused-ring (bicyclic) bond motifs is 1. The number of H-pyrrole nitrogens is 1. The Morgan fingerprint density at radius 1 is 1.14 bits per heavy atom. The van der Waals surface area contributed by atoms with E-state index in [0.717, 1.165) is 36.9 Å². The summed E-state index contributed by atoms with van der Waals surface area (Å²) in [7, 11) is 2.06. The van der Waals surface area contributed by atoms with Crippen LogP contribution in [0, 0.1) is 11.3 Å². The summed E-state index contributed by atoms with van der Waals surface area (Å²) in [5.74, 6) is 0.107. The minimum absolute atomic E-state index is 0.0154. The van der Waals surface area contributed by atoms with Crippen LogP contribution in [0.2, 0.25) is 5.02 Å². The number of piperidine rings is 1. The summed E-state index contributed by atoms with van der Waals surface area (Å²) in [6.07, 6.45) is 3.41. The van der Waals surface area contributed by atoms with Crippen LogP contribution < -0.4 is 10.6 Å². The quantitative estimate of drug-likeness (QED) is 0.392. The van der Waals surface area contributed by atoms with Gasteiger partial charge < -0.3 is 10.2 Å². The Morgan fingerprint density at radius 3 is 2.63 bits per heavy atom. The number of anilines is 1. The van der Waals surface area contributed by atoms with Gasteiger partial charge in [0.15, 0.2) is 11.5 Å². The van der Waals surface area contributed by atoms with Crippen molar-refractivity contribution in [2.24, 2.45) is 0 Å². The molecular weight excluding hydrogens is 464 g/mol. The van der Waals surface area contributed by atoms with Crippen molar-refractivity contribution >= 4 is 34.4 Å². The van der Waals surface area contributed by atoms with Gasteiger partial charge in [-0.2, -0.15) is 10.4 Å². The third kappa shape index (κ3) is 4.80. The van der Waals surface area contributed by atoms with Gasteiger partial charge in [-0.3, -0.25) is 10.4 Å². The van der Waals surface area contributed by atoms with Gasteiger partial charge in [0.05, 0.1) is 28.1 Å². The zero-order chi connectivity index (χ0) is 24.4. The number of hydrogen-bond acceptors (Lipinski definition) is 6. The van der Waals surface area contributed by atoms with Crippen LogP contribution in [0.15, 0.2) is 48.7 Å². The van der Waals surface area contributed by atoms with Crippen LogP contribution in [0.1, 0.15) is 18.5 Å². The number of nitrogens with one attached hydrogen (secondary N) is 3. The number of halogens is 1. The molecule has 3 heterocycles. The summed E-state index contributed by atoms with van der Waals surface area (Å²) in [6.45, 7) is 1.84. The van der Waals surface area contributed by atoms with E-state index in [1.807, 2.05) is 36.4 Å². The number of rotatable bonds is 4. The fraction of sp³-hybridized carbons (Fsp3) is 0.240. The molecule has 1 fully saturated rings. The highest BCUT2D eigenvalue weighted by atomic mass is 35.5. The van der Waals surface area contributed by atoms with Crippen LogP contribution >= 0.6 is 11.6 Å². The maximum absolute atomic E-state index is 12.8. The van der Waals surface area contributed by atoms with Gasteiger partial charge >= 0.3 is 6.03 Å². The summed E-state index contributed by atoms with van der Waals surface area (Å²) >= 11 is 6.47. The second-order valence-corrected chi connectivity index (χ2v) is 8.97. The van der Waals surface area contributed by atoms with Gasteiger partial charge in [0, 0.05) is 22.6 Å². The van der Waals surface area contributed by atoms with Gasteiger partial charge in [0.1, 0.15) is 6.07 Å². The molecule has 0 atom stereocenters. The Kier molecular flexibility index (Phi) is 6.31. The maximum Gasteiger partial charge on any atom is 0.320 e. The third-order valence-electron chi connectivity index (χ3n) is 6.11. The van der Waals surface area contributed by atoms with E-state index >= 15 is 0 Å². The van der Waals surface area contributed by atoms with Crippen molar-refractivity contribution in [2.75, 3.05) is 25.5 Å². The van der Waals surface area contributed by atoms with Crippen LogP contribution in [0.25, 0.3) is 33.4 Å². The molecule has 2 aromatic carbocycles. The zero-order valence-electron chi connectivity index (χ0n) is 19.0. The number of aromatic nitrogens is 4. The van der Waals surface area contributed by atoms with Gasteiger partial charge in [0.25, 0.3) is 0 Å². The van der Waals surface area contributed by atoms with Crippen LogP contribution in [0.5, 0.6) is 0 Å². The first-order valence-corrected chi connectivity index (χ1v) is 11.7. The molecule has 0 aliphatic carbocycles. The number of carbonyl (C=O) groups excluding carboxylic acids is 1. The lowest BCUT2D eigenvalue weighted by atomic mass is 10.0. The number of benzene rings is 2. The summed E-state index contributed by atoms with van der Waals surface area (Å²) < 4.78 is 0. The molecule has 2 amide bonds. The zero-order valence-corrected chi connectivity index (χ0v) is 19.8. The van der Waals surface area contributed by atoms with E-state index in [4.69, 9.17) is 16.6 Å². The SMILES string of the molecule is CN1CCC(NC(=O)Nc2nc(-c3ccccc3)c(-c3cc(Cl)c4[nH]ncc4c3)nc2C#N)CC1. The minimum atomic E-state index is -0.403. The number of likely N-dealkylation sites (tertiary alicyclic amines) is 1. The molecule has 1 aliphatic rings. The summed E-state index contributed by atoms with van der Waals surface area (Å²) in [6, 6.07) is 14.9. The first-order valence-electron chi connectivity index (χ1n) is 11.3. The van der Waals surface area contributed by atoms with Gasteiger partial charge in [-0.15, -0.1) is 0 Å². The van der Waals surface area contributed by atoms with Crippen molar-refractivity contribution in [3.63, 3.8) is 0 Å². The topological polar surface area (TPSA) is 123 Å². The van der Waals surface area contributed by atoms with Crippen LogP contribution in [0.3, 0.4) is 0 Å². The highest BCUT2D eigenvalue weighted by Gasteiger charge is 2.22. The number of carbonyl (C=O) groups is 1. The number of hydrogen-bond donors (Lipinski definition) is 3. The van der Waals surface area contributed by atoms with E-state index in [1.165, 1.54) is 0 Å². The number of nitriles is 1. The van der Waals surface area contributed by atoms with E-state index in [2.05, 4.69) is 43.8 Å². The van der Waals surface area contributed by atoms with Gasteiger partial charge in [-0.25, -0.2) is 14.8 Å². The Morgan fingerprint density at radius 2 is 1.89 bits per heavy atom. The molecule has 4 aromatic rings. The average molecular weight is 487 g/mol. The van der Waals surface area contributed by atoms with Crippen molar-refractivity contribution < 1.29 is 4.79 Å². The second kappa shape index (κ2) is 9.70. The lowest BCUT2D eigenvalue weighted by molar-refractivity contribution is 0.221. The molecular formula is C25H23ClN8O. The molecule has 0 spiro atoms. The predicted octanol–water partition coefficient (Wildman–Crippen LogP) is 4.43. The smallest absolute Gasteiger partial charge is 0.320 e. The predicted molar refractivity (Wildman–Crippen MR) is 135 cm³/mol. The standard InChI is InChI=1S/C25H23ClN8O/c1-34-9-7-18(8-10-34)29-25(35)32-24-20(13-27)30-23(22(31-24)15-5-3-2-4-6-15)16-11-17-14-28-33-21(17)19(26)12-16/h2-6,11-12,14,18H,7-10H2,1H3,(H,28,33)(H2,29,31,32,35). The molecule has 0 radical (unpaired) electrons. The van der Waals surface area contributed by atoms with Crippen molar-refractivity contribution in [1.29, 1.82) is 5.26 Å². The number of urea groups is 1. The van der Waals surface area contributed by atoms with E-state index in [-0.39, 0.29) is 17.6 Å². The molecule has 1 aliphatic heterocycles. The van der Waals surface area contributed by atoms with Crippen molar-refractivity contribution in [3.05, 3.63) is 59.4 Å². The molecule has 35 heavy (non-hydrogen) atoms. The number of nitrogens with zero attached hydrogens (tertiary/aromatic N) is 5. The second-order valence-electron chi connectivity index (χ2n) is 8.56. The molecule has 0 saturated carbocycles. The van der Waals surface area contributed by atoms with E-state index in [0.29, 0.717) is 27.5 Å². The highest BCUT2D eigenvalue weighted by molar-refractivity contribution is 6.35. The first kappa shape index (κ1) is 22.8. The average Bonchev–Trinajstić information content (AvgIpc) is 3.35. The first-order chi connectivity index (χ1) is 17.0. The molecule has 0 unspecified atom stereocenters. The Balaban J connectivity index is 1.54.